The van der Waals surface area contributed by atoms with Crippen molar-refractivity contribution in [3.63, 3.8) is 0 Å². The summed E-state index contributed by atoms with van der Waals surface area (Å²) in [5.41, 5.74) is 0. The summed E-state index contributed by atoms with van der Waals surface area (Å²) in [4.78, 5) is 0. The van der Waals surface area contributed by atoms with E-state index in [1.54, 1.807) is 0 Å². The summed E-state index contributed by atoms with van der Waals surface area (Å²) in [6.07, 6.45) is 13.0. The van der Waals surface area contributed by atoms with Crippen LogP contribution in [0.1, 0.15) is 38.5 Å². The van der Waals surface area contributed by atoms with E-state index in [2.05, 4.69) is 12.2 Å². The second-order valence-corrected chi connectivity index (χ2v) is 2.81. The molecular weight excluding hydrogens is 176 g/mol. The van der Waals surface area contributed by atoms with Crippen LogP contribution in [0, 0.1) is 0 Å². The summed E-state index contributed by atoms with van der Waals surface area (Å²) >= 11 is -2.00. The van der Waals surface area contributed by atoms with Crippen LogP contribution in [0.2, 0.25) is 0 Å². The average Bonchev–Trinajstić information content (AvgIpc) is 1.86. The zero-order valence-electron chi connectivity index (χ0n) is 6.71. The molecule has 0 aromatic rings. The molecule has 1 aliphatic rings. The van der Waals surface area contributed by atoms with Crippen molar-refractivity contribution in [2.45, 2.75) is 38.5 Å². The van der Waals surface area contributed by atoms with Gasteiger partial charge in [-0.2, -0.15) is 0 Å². The van der Waals surface area contributed by atoms with Gasteiger partial charge in [0.1, 0.15) is 0 Å². The standard InChI is InChI=1S/C8H14.2O.Ti/c1-2-4-6-8-7-5-3-1;;;/h1-2H,3-8H2;;;. The van der Waals surface area contributed by atoms with E-state index >= 15 is 0 Å². The molecule has 0 aromatic heterocycles. The zero-order chi connectivity index (χ0) is 8.36. The second kappa shape index (κ2) is 10.1. The first-order valence-corrected chi connectivity index (χ1v) is 5.33. The van der Waals surface area contributed by atoms with Crippen LogP contribution in [0.4, 0.5) is 0 Å². The summed E-state index contributed by atoms with van der Waals surface area (Å²) in [5, 5.41) is 0. The third-order valence-electron chi connectivity index (χ3n) is 1.66. The maximum atomic E-state index is 8.50. The molecule has 62 valence electrons. The van der Waals surface area contributed by atoms with Crippen LogP contribution in [0.3, 0.4) is 0 Å². The average molecular weight is 190 g/mol. The number of allylic oxidation sites excluding steroid dienone is 2. The predicted molar refractivity (Wildman–Crippen MR) is 38.2 cm³/mol. The molecule has 0 fully saturated rings. The minimum absolute atomic E-state index is 1.32. The van der Waals surface area contributed by atoms with Crippen molar-refractivity contribution >= 4 is 0 Å². The molecule has 1 rings (SSSR count). The van der Waals surface area contributed by atoms with Crippen LogP contribution in [-0.4, -0.2) is 0 Å². The summed E-state index contributed by atoms with van der Waals surface area (Å²) in [6, 6.07) is 0. The molecule has 0 aromatic carbocycles. The Hall–Kier alpha value is 0.0543. The van der Waals surface area contributed by atoms with E-state index in [0.29, 0.717) is 0 Å². The minimum atomic E-state index is -2.00. The first kappa shape index (κ1) is 11.1. The van der Waals surface area contributed by atoms with E-state index in [-0.39, 0.29) is 0 Å². The number of hydrogen-bond acceptors (Lipinski definition) is 2. The molecular formula is C8H14O2Ti. The van der Waals surface area contributed by atoms with E-state index in [1.165, 1.54) is 38.5 Å². The molecule has 0 atom stereocenters. The van der Waals surface area contributed by atoms with Gasteiger partial charge in [-0.1, -0.05) is 25.0 Å². The van der Waals surface area contributed by atoms with E-state index in [4.69, 9.17) is 6.65 Å². The van der Waals surface area contributed by atoms with Crippen LogP contribution < -0.4 is 0 Å². The predicted octanol–water partition coefficient (Wildman–Crippen LogP) is 2.66. The molecule has 0 bridgehead atoms. The molecule has 0 saturated carbocycles. The number of hydrogen-bond donors (Lipinski definition) is 0. The van der Waals surface area contributed by atoms with Crippen LogP contribution in [0.15, 0.2) is 12.2 Å². The first-order valence-electron chi connectivity index (χ1n) is 4.06. The van der Waals surface area contributed by atoms with E-state index in [1.807, 2.05) is 0 Å². The molecule has 0 aliphatic heterocycles. The SMILES string of the molecule is C1=CCCCCCC1.[O]=[Ti]=[O]. The van der Waals surface area contributed by atoms with Crippen LogP contribution in [0.25, 0.3) is 0 Å². The monoisotopic (exact) mass is 190 g/mol. The molecule has 1 aliphatic carbocycles. The Labute approximate surface area is 76.6 Å². The van der Waals surface area contributed by atoms with Crippen molar-refractivity contribution in [3.05, 3.63) is 12.2 Å². The number of rotatable bonds is 0. The molecule has 0 amide bonds. The molecule has 0 unspecified atom stereocenters. The molecule has 0 radical (unpaired) electrons. The summed E-state index contributed by atoms with van der Waals surface area (Å²) in [5.74, 6) is 0. The van der Waals surface area contributed by atoms with Gasteiger partial charge in [-0.05, 0) is 25.7 Å². The van der Waals surface area contributed by atoms with Gasteiger partial charge in [0.05, 0.1) is 0 Å². The molecule has 0 heterocycles. The van der Waals surface area contributed by atoms with Crippen molar-refractivity contribution in [3.8, 4) is 0 Å². The fourth-order valence-electron chi connectivity index (χ4n) is 1.11. The Morgan fingerprint density at radius 2 is 1.18 bits per heavy atom. The fourth-order valence-corrected chi connectivity index (χ4v) is 1.11. The van der Waals surface area contributed by atoms with Crippen molar-refractivity contribution in [2.24, 2.45) is 0 Å². The van der Waals surface area contributed by atoms with E-state index in [0.717, 1.165) is 0 Å². The van der Waals surface area contributed by atoms with Gasteiger partial charge in [0.15, 0.2) is 0 Å². The third kappa shape index (κ3) is 10.1. The fraction of sp³-hybridized carbons (Fsp3) is 0.750. The van der Waals surface area contributed by atoms with Gasteiger partial charge in [-0.15, -0.1) is 0 Å². The van der Waals surface area contributed by atoms with Crippen molar-refractivity contribution in [1.29, 1.82) is 0 Å². The van der Waals surface area contributed by atoms with Crippen molar-refractivity contribution < 1.29 is 25.7 Å². The van der Waals surface area contributed by atoms with Crippen molar-refractivity contribution in [1.82, 2.24) is 0 Å². The van der Waals surface area contributed by atoms with Gasteiger partial charge in [0.25, 0.3) is 0 Å². The van der Waals surface area contributed by atoms with Gasteiger partial charge in [-0.3, -0.25) is 0 Å². The summed E-state index contributed by atoms with van der Waals surface area (Å²) in [7, 11) is 0. The quantitative estimate of drug-likeness (QED) is 0.434. The van der Waals surface area contributed by atoms with E-state index < -0.39 is 19.1 Å². The maximum absolute atomic E-state index is 8.50. The van der Waals surface area contributed by atoms with Gasteiger partial charge in [0, 0.05) is 0 Å². The van der Waals surface area contributed by atoms with E-state index in [9.17, 15) is 0 Å². The summed E-state index contributed by atoms with van der Waals surface area (Å²) in [6.45, 7) is 0. The first-order chi connectivity index (χ1) is 5.41. The van der Waals surface area contributed by atoms with Crippen LogP contribution in [-0.2, 0) is 25.7 Å². The Bertz CT molecular complexity index is 127. The van der Waals surface area contributed by atoms with Crippen molar-refractivity contribution in [2.75, 3.05) is 0 Å². The van der Waals surface area contributed by atoms with Gasteiger partial charge in [0.2, 0.25) is 0 Å². The molecule has 0 spiro atoms. The topological polar surface area (TPSA) is 34.1 Å². The Morgan fingerprint density at radius 3 is 1.55 bits per heavy atom. The normalized spacial score (nSPS) is 16.7. The molecule has 0 saturated heterocycles. The molecule has 2 nitrogen and oxygen atoms in total. The van der Waals surface area contributed by atoms with Gasteiger partial charge < -0.3 is 0 Å². The van der Waals surface area contributed by atoms with Gasteiger partial charge in [-0.25, -0.2) is 0 Å². The van der Waals surface area contributed by atoms with Crippen LogP contribution in [0.5, 0.6) is 0 Å². The molecule has 0 N–H and O–H groups in total. The second-order valence-electron chi connectivity index (χ2n) is 2.55. The summed E-state index contributed by atoms with van der Waals surface area (Å²) < 4.78 is 17.0. The molecule has 11 heavy (non-hydrogen) atoms. The molecule has 3 heteroatoms. The van der Waals surface area contributed by atoms with Crippen LogP contribution >= 0.6 is 0 Å². The zero-order valence-corrected chi connectivity index (χ0v) is 8.28. The Morgan fingerprint density at radius 1 is 0.818 bits per heavy atom. The van der Waals surface area contributed by atoms with Gasteiger partial charge >= 0.3 is 25.7 Å². The Balaban J connectivity index is 0.000000292. The Kier molecular flexibility index (Phi) is 10.1. The third-order valence-corrected chi connectivity index (χ3v) is 1.66.